The third kappa shape index (κ3) is 4.53. The molecular formula is C17H24FNO2. The molecule has 1 aliphatic heterocycles. The van der Waals surface area contributed by atoms with Gasteiger partial charge in [0.25, 0.3) is 0 Å². The van der Waals surface area contributed by atoms with Crippen LogP contribution < -0.4 is 0 Å². The van der Waals surface area contributed by atoms with Crippen LogP contribution in [0, 0.1) is 5.82 Å². The summed E-state index contributed by atoms with van der Waals surface area (Å²) in [5.41, 5.74) is 0.919. The number of rotatable bonds is 5. The van der Waals surface area contributed by atoms with Crippen LogP contribution in [0.5, 0.6) is 0 Å². The highest BCUT2D eigenvalue weighted by Gasteiger charge is 2.33. The minimum absolute atomic E-state index is 0.202. The van der Waals surface area contributed by atoms with E-state index in [0.717, 1.165) is 24.8 Å². The Morgan fingerprint density at radius 2 is 2.00 bits per heavy atom. The number of morpholine rings is 1. The van der Waals surface area contributed by atoms with Crippen molar-refractivity contribution in [3.63, 3.8) is 0 Å². The van der Waals surface area contributed by atoms with Crippen LogP contribution in [0.15, 0.2) is 24.3 Å². The molecule has 1 aromatic carbocycles. The van der Waals surface area contributed by atoms with Gasteiger partial charge in [0.1, 0.15) is 5.82 Å². The molecule has 1 aliphatic rings. The molecular weight excluding hydrogens is 269 g/mol. The summed E-state index contributed by atoms with van der Waals surface area (Å²) in [4.78, 5) is 14.2. The summed E-state index contributed by atoms with van der Waals surface area (Å²) in [5.74, 6) is 0.00545. The largest absolute Gasteiger partial charge is 0.377 e. The lowest BCUT2D eigenvalue weighted by molar-refractivity contribution is -0.146. The van der Waals surface area contributed by atoms with Gasteiger partial charge in [-0.1, -0.05) is 12.1 Å². The number of unbranched alkanes of at least 4 members (excludes halogenated alkanes) is 1. The van der Waals surface area contributed by atoms with Gasteiger partial charge in [0.15, 0.2) is 0 Å². The summed E-state index contributed by atoms with van der Waals surface area (Å²) in [5, 5.41) is 0. The molecule has 0 radical (unpaired) electrons. The Hall–Kier alpha value is -1.42. The van der Waals surface area contributed by atoms with Gasteiger partial charge < -0.3 is 9.64 Å². The fourth-order valence-electron chi connectivity index (χ4n) is 2.71. The van der Waals surface area contributed by atoms with Crippen molar-refractivity contribution in [2.24, 2.45) is 0 Å². The highest BCUT2D eigenvalue weighted by Crippen LogP contribution is 2.20. The van der Waals surface area contributed by atoms with E-state index in [0.29, 0.717) is 26.2 Å². The van der Waals surface area contributed by atoms with Crippen LogP contribution in [0.2, 0.25) is 0 Å². The molecule has 0 bridgehead atoms. The third-order valence-electron chi connectivity index (χ3n) is 3.97. The number of amides is 1. The van der Waals surface area contributed by atoms with Crippen LogP contribution in [0.3, 0.4) is 0 Å². The molecule has 0 saturated carbocycles. The number of ether oxygens (including phenoxy) is 1. The van der Waals surface area contributed by atoms with E-state index in [2.05, 4.69) is 0 Å². The van der Waals surface area contributed by atoms with E-state index in [1.165, 1.54) is 12.1 Å². The van der Waals surface area contributed by atoms with E-state index >= 15 is 0 Å². The molecule has 116 valence electrons. The Bertz CT molecular complexity index is 470. The van der Waals surface area contributed by atoms with Crippen molar-refractivity contribution in [1.29, 1.82) is 0 Å². The molecule has 21 heavy (non-hydrogen) atoms. The summed E-state index contributed by atoms with van der Waals surface area (Å²) in [6, 6.07) is 6.58. The van der Waals surface area contributed by atoms with Crippen molar-refractivity contribution in [3.8, 4) is 0 Å². The van der Waals surface area contributed by atoms with E-state index in [1.807, 2.05) is 30.9 Å². The average molecular weight is 293 g/mol. The van der Waals surface area contributed by atoms with Crippen LogP contribution in [0.4, 0.5) is 4.39 Å². The Kier molecular flexibility index (Phi) is 5.34. The van der Waals surface area contributed by atoms with Gasteiger partial charge in [0.05, 0.1) is 18.8 Å². The van der Waals surface area contributed by atoms with E-state index in [-0.39, 0.29) is 17.3 Å². The van der Waals surface area contributed by atoms with Gasteiger partial charge in [-0.15, -0.1) is 0 Å². The highest BCUT2D eigenvalue weighted by atomic mass is 19.1. The maximum atomic E-state index is 12.8. The second-order valence-electron chi connectivity index (χ2n) is 6.24. The number of nitrogens with zero attached hydrogens (tertiary/aromatic N) is 1. The first-order valence-corrected chi connectivity index (χ1v) is 7.62. The van der Waals surface area contributed by atoms with Gasteiger partial charge in [0, 0.05) is 13.0 Å². The first-order chi connectivity index (χ1) is 9.99. The third-order valence-corrected chi connectivity index (χ3v) is 3.97. The summed E-state index contributed by atoms with van der Waals surface area (Å²) in [6.07, 6.45) is 3.27. The van der Waals surface area contributed by atoms with Crippen molar-refractivity contribution < 1.29 is 13.9 Å². The number of carbonyl (C=O) groups is 1. The van der Waals surface area contributed by atoms with Gasteiger partial charge in [-0.25, -0.2) is 4.39 Å². The average Bonchev–Trinajstić information content (AvgIpc) is 2.45. The lowest BCUT2D eigenvalue weighted by Gasteiger charge is -2.42. The molecule has 1 aromatic rings. The van der Waals surface area contributed by atoms with Crippen LogP contribution >= 0.6 is 0 Å². The first-order valence-electron chi connectivity index (χ1n) is 7.62. The lowest BCUT2D eigenvalue weighted by atomic mass is 10.0. The number of benzene rings is 1. The summed E-state index contributed by atoms with van der Waals surface area (Å²) in [7, 11) is 0. The molecule has 0 spiro atoms. The normalized spacial score (nSPS) is 17.8. The zero-order valence-electron chi connectivity index (χ0n) is 12.9. The predicted molar refractivity (Wildman–Crippen MR) is 80.6 cm³/mol. The fraction of sp³-hybridized carbons (Fsp3) is 0.588. The molecule has 0 aliphatic carbocycles. The zero-order chi connectivity index (χ0) is 15.3. The Balaban J connectivity index is 1.73. The van der Waals surface area contributed by atoms with Gasteiger partial charge >= 0.3 is 0 Å². The topological polar surface area (TPSA) is 29.5 Å². The Labute approximate surface area is 126 Å². The molecule has 1 saturated heterocycles. The van der Waals surface area contributed by atoms with Crippen LogP contribution in [0.25, 0.3) is 0 Å². The summed E-state index contributed by atoms with van der Waals surface area (Å²) < 4.78 is 18.2. The molecule has 0 aromatic heterocycles. The lowest BCUT2D eigenvalue weighted by Crippen LogP contribution is -2.55. The standard InChI is InChI=1S/C17H24FNO2/c1-17(2)13-21-12-11-19(17)16(20)6-4-3-5-14-7-9-15(18)10-8-14/h7-10H,3-6,11-13H2,1-2H3. The zero-order valence-corrected chi connectivity index (χ0v) is 12.9. The fourth-order valence-corrected chi connectivity index (χ4v) is 2.71. The van der Waals surface area contributed by atoms with Crippen LogP contribution in [0.1, 0.15) is 38.7 Å². The summed E-state index contributed by atoms with van der Waals surface area (Å²) in [6.45, 7) is 6.01. The molecule has 1 heterocycles. The van der Waals surface area contributed by atoms with Crippen molar-refractivity contribution >= 4 is 5.91 Å². The van der Waals surface area contributed by atoms with Gasteiger partial charge in [0.2, 0.25) is 5.91 Å². The quantitative estimate of drug-likeness (QED) is 0.780. The molecule has 0 unspecified atom stereocenters. The van der Waals surface area contributed by atoms with E-state index < -0.39 is 0 Å². The van der Waals surface area contributed by atoms with Crippen molar-refractivity contribution in [2.45, 2.75) is 45.1 Å². The van der Waals surface area contributed by atoms with Crippen molar-refractivity contribution in [1.82, 2.24) is 4.90 Å². The maximum absolute atomic E-state index is 12.8. The van der Waals surface area contributed by atoms with E-state index in [1.54, 1.807) is 0 Å². The number of hydrogen-bond acceptors (Lipinski definition) is 2. The highest BCUT2D eigenvalue weighted by molar-refractivity contribution is 5.77. The molecule has 0 atom stereocenters. The van der Waals surface area contributed by atoms with E-state index in [9.17, 15) is 9.18 Å². The number of halogens is 1. The van der Waals surface area contributed by atoms with Crippen LogP contribution in [-0.4, -0.2) is 36.1 Å². The molecule has 3 nitrogen and oxygen atoms in total. The number of hydrogen-bond donors (Lipinski definition) is 0. The second-order valence-corrected chi connectivity index (χ2v) is 6.24. The SMILES string of the molecule is CC1(C)COCCN1C(=O)CCCCc1ccc(F)cc1. The smallest absolute Gasteiger partial charge is 0.223 e. The molecule has 1 amide bonds. The minimum Gasteiger partial charge on any atom is -0.377 e. The minimum atomic E-state index is -0.205. The molecule has 2 rings (SSSR count). The Morgan fingerprint density at radius 3 is 2.67 bits per heavy atom. The van der Waals surface area contributed by atoms with E-state index in [4.69, 9.17) is 4.74 Å². The molecule has 4 heteroatoms. The van der Waals surface area contributed by atoms with Gasteiger partial charge in [-0.3, -0.25) is 4.79 Å². The molecule has 0 N–H and O–H groups in total. The van der Waals surface area contributed by atoms with Crippen molar-refractivity contribution in [2.75, 3.05) is 19.8 Å². The van der Waals surface area contributed by atoms with Gasteiger partial charge in [-0.2, -0.15) is 0 Å². The monoisotopic (exact) mass is 293 g/mol. The first kappa shape index (κ1) is 16.0. The number of carbonyl (C=O) groups excluding carboxylic acids is 1. The summed E-state index contributed by atoms with van der Waals surface area (Å²) >= 11 is 0. The predicted octanol–water partition coefficient (Wildman–Crippen LogP) is 3.18. The van der Waals surface area contributed by atoms with Gasteiger partial charge in [-0.05, 0) is 50.8 Å². The second kappa shape index (κ2) is 7.03. The Morgan fingerprint density at radius 1 is 1.29 bits per heavy atom. The maximum Gasteiger partial charge on any atom is 0.223 e. The molecule has 1 fully saturated rings. The number of aryl methyl sites for hydroxylation is 1. The van der Waals surface area contributed by atoms with Crippen molar-refractivity contribution in [3.05, 3.63) is 35.6 Å². The van der Waals surface area contributed by atoms with Crippen LogP contribution in [-0.2, 0) is 16.0 Å².